The second-order valence-electron chi connectivity index (χ2n) is 4.16. The molecule has 3 aromatic rings. The first-order chi connectivity index (χ1) is 10.5. The van der Waals surface area contributed by atoms with Crippen LogP contribution in [-0.4, -0.2) is 27.8 Å². The van der Waals surface area contributed by atoms with E-state index in [0.29, 0.717) is 25.2 Å². The SMILES string of the molecule is CCOC(=O)c1nc(I)c2c(-c3ccc(Br)o3)noc2c1O. The molecule has 0 atom stereocenters. The van der Waals surface area contributed by atoms with E-state index in [2.05, 4.69) is 26.1 Å². The summed E-state index contributed by atoms with van der Waals surface area (Å²) in [5.41, 5.74) is 0.246. The molecule has 0 saturated carbocycles. The Morgan fingerprint density at radius 2 is 2.27 bits per heavy atom. The van der Waals surface area contributed by atoms with E-state index in [1.807, 2.05) is 22.6 Å². The third-order valence-electron chi connectivity index (χ3n) is 2.82. The highest BCUT2D eigenvalue weighted by Crippen LogP contribution is 2.38. The monoisotopic (exact) mass is 478 g/mol. The van der Waals surface area contributed by atoms with E-state index in [1.54, 1.807) is 19.1 Å². The predicted octanol–water partition coefficient (Wildman–Crippen LogP) is 3.73. The molecule has 0 aliphatic carbocycles. The van der Waals surface area contributed by atoms with Crippen LogP contribution in [0.1, 0.15) is 17.4 Å². The van der Waals surface area contributed by atoms with Crippen molar-refractivity contribution in [3.05, 3.63) is 26.2 Å². The second kappa shape index (κ2) is 5.88. The number of nitrogens with zero attached hydrogens (tertiary/aromatic N) is 2. The lowest BCUT2D eigenvalue weighted by Crippen LogP contribution is -2.08. The minimum Gasteiger partial charge on any atom is -0.502 e. The van der Waals surface area contributed by atoms with Gasteiger partial charge >= 0.3 is 5.97 Å². The maximum Gasteiger partial charge on any atom is 0.361 e. The van der Waals surface area contributed by atoms with Gasteiger partial charge in [-0.1, -0.05) is 5.16 Å². The quantitative estimate of drug-likeness (QED) is 0.348. The van der Waals surface area contributed by atoms with Gasteiger partial charge in [-0.25, -0.2) is 9.78 Å². The molecule has 0 aromatic carbocycles. The molecule has 3 rings (SSSR count). The lowest BCUT2D eigenvalue weighted by molar-refractivity contribution is 0.0515. The Labute approximate surface area is 145 Å². The number of aromatic hydroxyl groups is 1. The Morgan fingerprint density at radius 1 is 1.50 bits per heavy atom. The average Bonchev–Trinajstić information content (AvgIpc) is 3.09. The molecule has 3 aromatic heterocycles. The number of esters is 1. The van der Waals surface area contributed by atoms with Crippen molar-refractivity contribution in [1.29, 1.82) is 0 Å². The van der Waals surface area contributed by atoms with E-state index < -0.39 is 11.7 Å². The minimum atomic E-state index is -0.724. The zero-order valence-electron chi connectivity index (χ0n) is 11.1. The molecule has 0 unspecified atom stereocenters. The molecule has 0 amide bonds. The third-order valence-corrected chi connectivity index (χ3v) is 4.03. The normalized spacial score (nSPS) is 11.0. The lowest BCUT2D eigenvalue weighted by Gasteiger charge is -2.04. The summed E-state index contributed by atoms with van der Waals surface area (Å²) >= 11 is 5.14. The van der Waals surface area contributed by atoms with Gasteiger partial charge in [-0.05, 0) is 57.6 Å². The van der Waals surface area contributed by atoms with Crippen molar-refractivity contribution in [2.75, 3.05) is 6.61 Å². The second-order valence-corrected chi connectivity index (χ2v) is 5.96. The zero-order valence-corrected chi connectivity index (χ0v) is 14.8. The molecule has 114 valence electrons. The van der Waals surface area contributed by atoms with Gasteiger partial charge in [0.05, 0.1) is 12.0 Å². The van der Waals surface area contributed by atoms with Crippen molar-refractivity contribution >= 4 is 55.5 Å². The van der Waals surface area contributed by atoms with Crippen molar-refractivity contribution in [1.82, 2.24) is 10.1 Å². The number of pyridine rings is 1. The first-order valence-corrected chi connectivity index (χ1v) is 8.00. The molecule has 7 nitrogen and oxygen atoms in total. The van der Waals surface area contributed by atoms with Crippen LogP contribution in [0.15, 0.2) is 25.7 Å². The third kappa shape index (κ3) is 2.47. The Morgan fingerprint density at radius 3 is 2.91 bits per heavy atom. The van der Waals surface area contributed by atoms with Gasteiger partial charge in [0.2, 0.25) is 5.58 Å². The summed E-state index contributed by atoms with van der Waals surface area (Å²) < 4.78 is 16.4. The van der Waals surface area contributed by atoms with E-state index in [4.69, 9.17) is 13.7 Å². The van der Waals surface area contributed by atoms with Gasteiger partial charge in [-0.2, -0.15) is 0 Å². The van der Waals surface area contributed by atoms with Crippen molar-refractivity contribution in [3.8, 4) is 17.2 Å². The largest absolute Gasteiger partial charge is 0.502 e. The van der Waals surface area contributed by atoms with Crippen molar-refractivity contribution in [3.63, 3.8) is 0 Å². The molecule has 0 aliphatic heterocycles. The number of furan rings is 1. The molecule has 0 radical (unpaired) electrons. The van der Waals surface area contributed by atoms with Crippen LogP contribution in [0.4, 0.5) is 0 Å². The number of carbonyl (C=O) groups is 1. The van der Waals surface area contributed by atoms with Gasteiger partial charge in [0.25, 0.3) is 0 Å². The predicted molar refractivity (Wildman–Crippen MR) is 87.5 cm³/mol. The summed E-state index contributed by atoms with van der Waals surface area (Å²) in [4.78, 5) is 15.9. The van der Waals surface area contributed by atoms with Gasteiger partial charge in [0, 0.05) is 0 Å². The van der Waals surface area contributed by atoms with Crippen LogP contribution >= 0.6 is 38.5 Å². The molecule has 0 bridgehead atoms. The number of ether oxygens (including phenoxy) is 1. The molecule has 0 aliphatic rings. The Bertz CT molecular complexity index is 873. The molecule has 1 N–H and O–H groups in total. The van der Waals surface area contributed by atoms with Gasteiger partial charge in [-0.3, -0.25) is 0 Å². The number of halogens is 2. The van der Waals surface area contributed by atoms with E-state index in [9.17, 15) is 9.90 Å². The van der Waals surface area contributed by atoms with Crippen molar-refractivity contribution in [2.24, 2.45) is 0 Å². The van der Waals surface area contributed by atoms with E-state index in [-0.39, 0.29) is 17.9 Å². The maximum absolute atomic E-state index is 11.8. The number of hydrogen-bond donors (Lipinski definition) is 1. The first kappa shape index (κ1) is 15.3. The molecule has 0 saturated heterocycles. The fourth-order valence-electron chi connectivity index (χ4n) is 1.91. The van der Waals surface area contributed by atoms with Gasteiger partial charge in [0.1, 0.15) is 3.70 Å². The highest BCUT2D eigenvalue weighted by molar-refractivity contribution is 14.1. The van der Waals surface area contributed by atoms with Gasteiger partial charge in [0.15, 0.2) is 27.6 Å². The van der Waals surface area contributed by atoms with Crippen LogP contribution < -0.4 is 0 Å². The highest BCUT2D eigenvalue weighted by atomic mass is 127. The van der Waals surface area contributed by atoms with Crippen molar-refractivity contribution in [2.45, 2.75) is 6.92 Å². The van der Waals surface area contributed by atoms with E-state index >= 15 is 0 Å². The topological polar surface area (TPSA) is 98.6 Å². The van der Waals surface area contributed by atoms with E-state index in [0.717, 1.165) is 0 Å². The maximum atomic E-state index is 11.8. The number of rotatable bonds is 3. The number of fused-ring (bicyclic) bond motifs is 1. The van der Waals surface area contributed by atoms with Crippen LogP contribution in [0.25, 0.3) is 22.4 Å². The number of aromatic nitrogens is 2. The summed E-state index contributed by atoms with van der Waals surface area (Å²) in [5.74, 6) is -0.676. The van der Waals surface area contributed by atoms with Gasteiger partial charge < -0.3 is 18.8 Å². The van der Waals surface area contributed by atoms with Crippen LogP contribution in [0.2, 0.25) is 0 Å². The number of carbonyl (C=O) groups excluding carboxylic acids is 1. The smallest absolute Gasteiger partial charge is 0.361 e. The van der Waals surface area contributed by atoms with Crippen LogP contribution in [0.5, 0.6) is 5.75 Å². The summed E-state index contributed by atoms with van der Waals surface area (Å²) in [7, 11) is 0. The fourth-order valence-corrected chi connectivity index (χ4v) is 2.96. The van der Waals surface area contributed by atoms with Crippen LogP contribution in [0.3, 0.4) is 0 Å². The standard InChI is InChI=1S/C13H8BrIN2O5/c1-2-20-13(19)9-10(18)11-7(12(15)16-9)8(17-22-11)5-3-4-6(14)21-5/h3-4,18H,2H2,1H3. The average molecular weight is 479 g/mol. The Kier molecular flexibility index (Phi) is 4.08. The van der Waals surface area contributed by atoms with Crippen molar-refractivity contribution < 1.29 is 23.6 Å². The zero-order chi connectivity index (χ0) is 15.9. The fraction of sp³-hybridized carbons (Fsp3) is 0.154. The molecule has 3 heterocycles. The molecule has 0 fully saturated rings. The highest BCUT2D eigenvalue weighted by Gasteiger charge is 2.26. The van der Waals surface area contributed by atoms with E-state index in [1.165, 1.54) is 0 Å². The Hall–Kier alpha value is -1.62. The summed E-state index contributed by atoms with van der Waals surface area (Å²) in [6, 6.07) is 3.41. The molecule has 0 spiro atoms. The molecular formula is C13H8BrIN2O5. The summed E-state index contributed by atoms with van der Waals surface area (Å²) in [6.45, 7) is 1.84. The summed E-state index contributed by atoms with van der Waals surface area (Å²) in [6.07, 6.45) is 0. The minimum absolute atomic E-state index is 0.0602. The van der Waals surface area contributed by atoms with Gasteiger partial charge in [-0.15, -0.1) is 0 Å². The first-order valence-electron chi connectivity index (χ1n) is 6.13. The Balaban J connectivity index is 2.21. The summed E-state index contributed by atoms with van der Waals surface area (Å²) in [5, 5.41) is 14.6. The molecule has 9 heteroatoms. The lowest BCUT2D eigenvalue weighted by atomic mass is 10.2. The molecular weight excluding hydrogens is 471 g/mol. The van der Waals surface area contributed by atoms with Crippen LogP contribution in [0, 0.1) is 3.70 Å². The number of hydrogen-bond acceptors (Lipinski definition) is 7. The molecule has 22 heavy (non-hydrogen) atoms. The van der Waals surface area contributed by atoms with Crippen LogP contribution in [-0.2, 0) is 4.74 Å².